The van der Waals surface area contributed by atoms with Crippen molar-refractivity contribution >= 4 is 11.8 Å². The standard InChI is InChI=1S/C13H19NS/c1-13(2)11(8-14)12(13)9-5-4-6-10(7-9)15-3/h4-7,11-12H,8,14H2,1-3H3/t11-,12-/m1/s1. The smallest absolute Gasteiger partial charge is 0.00719 e. The van der Waals surface area contributed by atoms with Crippen LogP contribution in [0.3, 0.4) is 0 Å². The van der Waals surface area contributed by atoms with Gasteiger partial charge < -0.3 is 5.73 Å². The Bertz CT molecular complexity index is 359. The molecule has 1 aromatic carbocycles. The third kappa shape index (κ3) is 1.81. The highest BCUT2D eigenvalue weighted by molar-refractivity contribution is 7.98. The van der Waals surface area contributed by atoms with Gasteiger partial charge in [-0.2, -0.15) is 0 Å². The van der Waals surface area contributed by atoms with Crippen LogP contribution in [0.15, 0.2) is 29.2 Å². The molecule has 0 radical (unpaired) electrons. The molecule has 1 saturated carbocycles. The fourth-order valence-electron chi connectivity index (χ4n) is 2.68. The SMILES string of the molecule is CSc1cccc([C@@H]2[C@@H](CN)C2(C)C)c1. The number of hydrogen-bond donors (Lipinski definition) is 1. The van der Waals surface area contributed by atoms with Crippen LogP contribution in [-0.2, 0) is 0 Å². The number of thioether (sulfide) groups is 1. The molecule has 1 fully saturated rings. The molecule has 82 valence electrons. The molecule has 0 heterocycles. The van der Waals surface area contributed by atoms with Crippen LogP contribution in [-0.4, -0.2) is 12.8 Å². The van der Waals surface area contributed by atoms with E-state index in [1.807, 2.05) is 0 Å². The van der Waals surface area contributed by atoms with Crippen LogP contribution in [0, 0.1) is 11.3 Å². The van der Waals surface area contributed by atoms with Crippen molar-refractivity contribution < 1.29 is 0 Å². The lowest BCUT2D eigenvalue weighted by Crippen LogP contribution is -2.05. The van der Waals surface area contributed by atoms with Crippen molar-refractivity contribution in [3.8, 4) is 0 Å². The highest BCUT2D eigenvalue weighted by Crippen LogP contribution is 2.63. The molecular weight excluding hydrogens is 202 g/mol. The number of nitrogens with two attached hydrogens (primary N) is 1. The van der Waals surface area contributed by atoms with Gasteiger partial charge in [-0.3, -0.25) is 0 Å². The van der Waals surface area contributed by atoms with E-state index in [4.69, 9.17) is 5.73 Å². The zero-order chi connectivity index (χ0) is 11.1. The van der Waals surface area contributed by atoms with Gasteiger partial charge in [0.15, 0.2) is 0 Å². The predicted molar refractivity (Wildman–Crippen MR) is 67.3 cm³/mol. The van der Waals surface area contributed by atoms with Gasteiger partial charge in [0.1, 0.15) is 0 Å². The lowest BCUT2D eigenvalue weighted by atomic mass is 10.0. The van der Waals surface area contributed by atoms with Crippen molar-refractivity contribution in [2.75, 3.05) is 12.8 Å². The summed E-state index contributed by atoms with van der Waals surface area (Å²) in [4.78, 5) is 1.35. The quantitative estimate of drug-likeness (QED) is 0.794. The Labute approximate surface area is 96.4 Å². The summed E-state index contributed by atoms with van der Waals surface area (Å²) in [6.45, 7) is 5.45. The Morgan fingerprint density at radius 3 is 2.67 bits per heavy atom. The Hall–Kier alpha value is -0.470. The van der Waals surface area contributed by atoms with E-state index in [0.717, 1.165) is 6.54 Å². The molecule has 2 N–H and O–H groups in total. The molecular formula is C13H19NS. The Morgan fingerprint density at radius 1 is 1.40 bits per heavy atom. The van der Waals surface area contributed by atoms with Gasteiger partial charge in [-0.1, -0.05) is 26.0 Å². The second-order valence-electron chi connectivity index (χ2n) is 4.92. The van der Waals surface area contributed by atoms with Crippen LogP contribution in [0.5, 0.6) is 0 Å². The van der Waals surface area contributed by atoms with Crippen LogP contribution in [0.4, 0.5) is 0 Å². The molecule has 15 heavy (non-hydrogen) atoms. The van der Waals surface area contributed by atoms with Gasteiger partial charge in [-0.25, -0.2) is 0 Å². The molecule has 2 heteroatoms. The zero-order valence-electron chi connectivity index (χ0n) is 9.66. The molecule has 0 aromatic heterocycles. The normalized spacial score (nSPS) is 27.7. The lowest BCUT2D eigenvalue weighted by molar-refractivity contribution is 0.558. The number of rotatable bonds is 3. The summed E-state index contributed by atoms with van der Waals surface area (Å²) in [7, 11) is 0. The van der Waals surface area contributed by atoms with Crippen molar-refractivity contribution in [1.82, 2.24) is 0 Å². The number of benzene rings is 1. The van der Waals surface area contributed by atoms with Gasteiger partial charge >= 0.3 is 0 Å². The first kappa shape index (κ1) is 11.0. The molecule has 2 atom stereocenters. The van der Waals surface area contributed by atoms with E-state index in [-0.39, 0.29) is 0 Å². The lowest BCUT2D eigenvalue weighted by Gasteiger charge is -2.04. The molecule has 0 saturated heterocycles. The first-order valence-electron chi connectivity index (χ1n) is 5.45. The van der Waals surface area contributed by atoms with Crippen molar-refractivity contribution in [2.24, 2.45) is 17.1 Å². The molecule has 2 rings (SSSR count). The minimum absolute atomic E-state index is 0.395. The molecule has 0 spiro atoms. The van der Waals surface area contributed by atoms with Gasteiger partial charge in [0, 0.05) is 4.90 Å². The highest BCUT2D eigenvalue weighted by Gasteiger charge is 2.57. The van der Waals surface area contributed by atoms with E-state index in [1.165, 1.54) is 10.5 Å². The van der Waals surface area contributed by atoms with E-state index in [0.29, 0.717) is 17.3 Å². The van der Waals surface area contributed by atoms with Crippen LogP contribution in [0.2, 0.25) is 0 Å². The van der Waals surface area contributed by atoms with Crippen LogP contribution >= 0.6 is 11.8 Å². The van der Waals surface area contributed by atoms with Gasteiger partial charge in [-0.15, -0.1) is 11.8 Å². The van der Waals surface area contributed by atoms with E-state index in [9.17, 15) is 0 Å². The fraction of sp³-hybridized carbons (Fsp3) is 0.538. The van der Waals surface area contributed by atoms with Gasteiger partial charge in [0.2, 0.25) is 0 Å². The first-order valence-corrected chi connectivity index (χ1v) is 6.67. The number of hydrogen-bond acceptors (Lipinski definition) is 2. The minimum Gasteiger partial charge on any atom is -0.330 e. The van der Waals surface area contributed by atoms with E-state index < -0.39 is 0 Å². The summed E-state index contributed by atoms with van der Waals surface area (Å²) in [5, 5.41) is 0. The van der Waals surface area contributed by atoms with Crippen LogP contribution in [0.25, 0.3) is 0 Å². The highest BCUT2D eigenvalue weighted by atomic mass is 32.2. The third-order valence-electron chi connectivity index (χ3n) is 3.76. The third-order valence-corrected chi connectivity index (χ3v) is 4.48. The van der Waals surface area contributed by atoms with Crippen molar-refractivity contribution in [3.63, 3.8) is 0 Å². The summed E-state index contributed by atoms with van der Waals surface area (Å²) < 4.78 is 0. The topological polar surface area (TPSA) is 26.0 Å². The minimum atomic E-state index is 0.395. The van der Waals surface area contributed by atoms with E-state index in [1.54, 1.807) is 11.8 Å². The molecule has 1 aliphatic rings. The molecule has 0 aliphatic heterocycles. The summed E-state index contributed by atoms with van der Waals surface area (Å²) in [6, 6.07) is 8.87. The van der Waals surface area contributed by atoms with Crippen molar-refractivity contribution in [2.45, 2.75) is 24.7 Å². The maximum Gasteiger partial charge on any atom is 0.00719 e. The summed E-state index contributed by atoms with van der Waals surface area (Å²) in [5.74, 6) is 1.32. The van der Waals surface area contributed by atoms with Crippen LogP contribution < -0.4 is 5.73 Å². The zero-order valence-corrected chi connectivity index (χ0v) is 10.5. The summed E-state index contributed by atoms with van der Waals surface area (Å²) in [5.41, 5.74) is 7.66. The molecule has 1 aliphatic carbocycles. The molecule has 0 bridgehead atoms. The Balaban J connectivity index is 2.24. The largest absolute Gasteiger partial charge is 0.330 e. The maximum absolute atomic E-state index is 5.80. The van der Waals surface area contributed by atoms with Crippen molar-refractivity contribution in [1.29, 1.82) is 0 Å². The van der Waals surface area contributed by atoms with E-state index in [2.05, 4.69) is 44.4 Å². The second kappa shape index (κ2) is 3.84. The second-order valence-corrected chi connectivity index (χ2v) is 5.80. The predicted octanol–water partition coefficient (Wildman–Crippen LogP) is 3.11. The Kier molecular flexibility index (Phi) is 2.82. The van der Waals surface area contributed by atoms with Gasteiger partial charge in [0.25, 0.3) is 0 Å². The molecule has 1 aromatic rings. The maximum atomic E-state index is 5.80. The monoisotopic (exact) mass is 221 g/mol. The summed E-state index contributed by atoms with van der Waals surface area (Å²) >= 11 is 1.81. The van der Waals surface area contributed by atoms with Gasteiger partial charge in [-0.05, 0) is 47.7 Å². The molecule has 0 amide bonds. The molecule has 0 unspecified atom stereocenters. The van der Waals surface area contributed by atoms with E-state index >= 15 is 0 Å². The average Bonchev–Trinajstić information content (AvgIpc) is 2.80. The van der Waals surface area contributed by atoms with Crippen molar-refractivity contribution in [3.05, 3.63) is 29.8 Å². The Morgan fingerprint density at radius 2 is 2.13 bits per heavy atom. The average molecular weight is 221 g/mol. The first-order chi connectivity index (χ1) is 7.11. The molecule has 1 nitrogen and oxygen atoms in total. The fourth-order valence-corrected chi connectivity index (χ4v) is 3.15. The summed E-state index contributed by atoms with van der Waals surface area (Å²) in [6.07, 6.45) is 2.12. The van der Waals surface area contributed by atoms with Crippen LogP contribution in [0.1, 0.15) is 25.3 Å². The van der Waals surface area contributed by atoms with Gasteiger partial charge in [0.05, 0.1) is 0 Å².